The Bertz CT molecular complexity index is 1000. The summed E-state index contributed by atoms with van der Waals surface area (Å²) in [7, 11) is 1.76. The summed E-state index contributed by atoms with van der Waals surface area (Å²) in [5.74, 6) is -1.07. The van der Waals surface area contributed by atoms with Crippen LogP contribution in [0.25, 0.3) is 0 Å². The summed E-state index contributed by atoms with van der Waals surface area (Å²) in [6.45, 7) is 0.633. The molecule has 2 amide bonds. The second kappa shape index (κ2) is 5.92. The zero-order valence-corrected chi connectivity index (χ0v) is 15.6. The van der Waals surface area contributed by atoms with Gasteiger partial charge in [0.25, 0.3) is 0 Å². The topological polar surface area (TPSA) is 73.2 Å². The number of carbonyl (C=O) groups is 2. The van der Waals surface area contributed by atoms with Gasteiger partial charge in [0, 0.05) is 24.8 Å². The van der Waals surface area contributed by atoms with E-state index in [9.17, 15) is 14.8 Å². The predicted molar refractivity (Wildman–Crippen MR) is 105 cm³/mol. The highest BCUT2D eigenvalue weighted by molar-refractivity contribution is 6.23. The number of anilines is 1. The van der Waals surface area contributed by atoms with E-state index >= 15 is 0 Å². The van der Waals surface area contributed by atoms with Crippen molar-refractivity contribution in [3.05, 3.63) is 65.7 Å². The summed E-state index contributed by atoms with van der Waals surface area (Å²) in [6.07, 6.45) is 1.64. The van der Waals surface area contributed by atoms with Crippen LogP contribution in [0.2, 0.25) is 0 Å². The van der Waals surface area contributed by atoms with Crippen molar-refractivity contribution in [2.75, 3.05) is 18.5 Å². The van der Waals surface area contributed by atoms with Gasteiger partial charge in [-0.1, -0.05) is 53.7 Å². The molecule has 2 aromatic carbocycles. The fourth-order valence-electron chi connectivity index (χ4n) is 5.50. The minimum absolute atomic E-state index is 0.0986. The molecule has 28 heavy (non-hydrogen) atoms. The van der Waals surface area contributed by atoms with Gasteiger partial charge < -0.3 is 15.0 Å². The molecule has 0 aromatic heterocycles. The van der Waals surface area contributed by atoms with Gasteiger partial charge in [0.2, 0.25) is 11.8 Å². The van der Waals surface area contributed by atoms with Crippen molar-refractivity contribution in [1.82, 2.24) is 4.90 Å². The summed E-state index contributed by atoms with van der Waals surface area (Å²) in [6, 6.07) is 16.6. The van der Waals surface area contributed by atoms with Crippen LogP contribution in [0, 0.1) is 5.92 Å². The van der Waals surface area contributed by atoms with Gasteiger partial charge in [0.05, 0.1) is 6.04 Å². The lowest BCUT2D eigenvalue weighted by Crippen LogP contribution is -2.52. The van der Waals surface area contributed by atoms with Crippen LogP contribution in [-0.4, -0.2) is 47.3 Å². The number of hydrogen-bond donors (Lipinski definition) is 1. The standard InChI is InChI=1S/C22H21N3O3/c1-24-16-11-6-5-10-15(16)22(21(24)27)17-12-7-13-25(17)20(26)18(22)19(23-28)14-8-3-2-4-9-14/h2-6,8-11,17-18,28H,7,12-13H2,1H3/b23-19+/t17?,18-,22-/m1/s1. The molecule has 3 heterocycles. The number of rotatable bonds is 2. The van der Waals surface area contributed by atoms with E-state index in [0.29, 0.717) is 12.1 Å². The first-order chi connectivity index (χ1) is 13.6. The number of likely N-dealkylation sites (N-methyl/N-ethyl adjacent to an activating group) is 1. The molecule has 142 valence electrons. The second-order valence-electron chi connectivity index (χ2n) is 7.72. The maximum Gasteiger partial charge on any atom is 0.240 e. The van der Waals surface area contributed by atoms with Crippen molar-refractivity contribution in [3.8, 4) is 0 Å². The summed E-state index contributed by atoms with van der Waals surface area (Å²) >= 11 is 0. The van der Waals surface area contributed by atoms with Gasteiger partial charge in [0.15, 0.2) is 0 Å². The van der Waals surface area contributed by atoms with Crippen LogP contribution in [0.5, 0.6) is 0 Å². The van der Waals surface area contributed by atoms with Gasteiger partial charge in [-0.05, 0) is 24.5 Å². The van der Waals surface area contributed by atoms with Crippen LogP contribution in [0.1, 0.15) is 24.0 Å². The highest BCUT2D eigenvalue weighted by Gasteiger charge is 2.70. The summed E-state index contributed by atoms with van der Waals surface area (Å²) < 4.78 is 0. The molecule has 5 rings (SSSR count). The predicted octanol–water partition coefficient (Wildman–Crippen LogP) is 2.40. The molecule has 0 saturated carbocycles. The van der Waals surface area contributed by atoms with Gasteiger partial charge in [-0.25, -0.2) is 0 Å². The van der Waals surface area contributed by atoms with E-state index < -0.39 is 11.3 Å². The average molecular weight is 375 g/mol. The van der Waals surface area contributed by atoms with E-state index in [-0.39, 0.29) is 23.6 Å². The fraction of sp³-hybridized carbons (Fsp3) is 0.318. The van der Waals surface area contributed by atoms with E-state index in [2.05, 4.69) is 5.16 Å². The lowest BCUT2D eigenvalue weighted by Gasteiger charge is -2.33. The number of oxime groups is 1. The number of fused-ring (bicyclic) bond motifs is 4. The molecule has 0 aliphatic carbocycles. The molecule has 2 fully saturated rings. The molecule has 1 N–H and O–H groups in total. The monoisotopic (exact) mass is 375 g/mol. The Kier molecular flexibility index (Phi) is 3.59. The van der Waals surface area contributed by atoms with E-state index in [4.69, 9.17) is 0 Å². The first-order valence-electron chi connectivity index (χ1n) is 9.58. The highest BCUT2D eigenvalue weighted by Crippen LogP contribution is 2.56. The van der Waals surface area contributed by atoms with Crippen molar-refractivity contribution in [2.24, 2.45) is 11.1 Å². The lowest BCUT2D eigenvalue weighted by molar-refractivity contribution is -0.130. The van der Waals surface area contributed by atoms with Crippen molar-refractivity contribution < 1.29 is 14.8 Å². The normalized spacial score (nSPS) is 29.0. The maximum absolute atomic E-state index is 13.7. The Hall–Kier alpha value is -3.15. The van der Waals surface area contributed by atoms with Crippen LogP contribution < -0.4 is 4.90 Å². The van der Waals surface area contributed by atoms with Gasteiger partial charge in [0.1, 0.15) is 17.0 Å². The Morgan fingerprint density at radius 2 is 1.82 bits per heavy atom. The quantitative estimate of drug-likeness (QED) is 0.498. The van der Waals surface area contributed by atoms with Crippen LogP contribution in [0.4, 0.5) is 5.69 Å². The molecular formula is C22H21N3O3. The Morgan fingerprint density at radius 1 is 1.11 bits per heavy atom. The summed E-state index contributed by atoms with van der Waals surface area (Å²) in [5, 5.41) is 13.5. The van der Waals surface area contributed by atoms with Crippen molar-refractivity contribution >= 4 is 23.2 Å². The zero-order valence-electron chi connectivity index (χ0n) is 15.6. The lowest BCUT2D eigenvalue weighted by atomic mass is 9.65. The Morgan fingerprint density at radius 3 is 2.57 bits per heavy atom. The molecule has 6 nitrogen and oxygen atoms in total. The molecule has 3 aliphatic heterocycles. The molecule has 0 radical (unpaired) electrons. The molecular weight excluding hydrogens is 354 g/mol. The number of amides is 2. The smallest absolute Gasteiger partial charge is 0.240 e. The third kappa shape index (κ3) is 1.90. The number of benzene rings is 2. The highest BCUT2D eigenvalue weighted by atomic mass is 16.4. The summed E-state index contributed by atoms with van der Waals surface area (Å²) in [4.78, 5) is 30.8. The first kappa shape index (κ1) is 17.0. The fourth-order valence-corrected chi connectivity index (χ4v) is 5.50. The molecule has 6 heteroatoms. The van der Waals surface area contributed by atoms with E-state index in [1.165, 1.54) is 0 Å². The van der Waals surface area contributed by atoms with Crippen molar-refractivity contribution in [2.45, 2.75) is 24.3 Å². The van der Waals surface area contributed by atoms with Crippen molar-refractivity contribution in [3.63, 3.8) is 0 Å². The zero-order chi connectivity index (χ0) is 19.5. The molecule has 2 aromatic rings. The SMILES string of the molecule is CN1C(=O)[C@]2(c3ccccc31)C1CCCN1C(=O)[C@H]2/C(=N/O)c1ccccc1. The molecule has 3 aliphatic rings. The van der Waals surface area contributed by atoms with E-state index in [0.717, 1.165) is 24.1 Å². The molecule has 1 spiro atoms. The minimum atomic E-state index is -1.06. The second-order valence-corrected chi connectivity index (χ2v) is 7.72. The maximum atomic E-state index is 13.7. The third-order valence-corrected chi connectivity index (χ3v) is 6.58. The van der Waals surface area contributed by atoms with Crippen LogP contribution in [0.3, 0.4) is 0 Å². The number of hydrogen-bond acceptors (Lipinski definition) is 4. The van der Waals surface area contributed by atoms with Crippen LogP contribution >= 0.6 is 0 Å². The first-order valence-corrected chi connectivity index (χ1v) is 9.58. The van der Waals surface area contributed by atoms with E-state index in [1.54, 1.807) is 11.9 Å². The summed E-state index contributed by atoms with van der Waals surface area (Å²) in [5.41, 5.74) is 1.54. The van der Waals surface area contributed by atoms with Crippen LogP contribution in [0.15, 0.2) is 59.8 Å². The number of para-hydroxylation sites is 1. The Labute approximate surface area is 163 Å². The van der Waals surface area contributed by atoms with Gasteiger partial charge in [-0.3, -0.25) is 9.59 Å². The largest absolute Gasteiger partial charge is 0.411 e. The minimum Gasteiger partial charge on any atom is -0.411 e. The van der Waals surface area contributed by atoms with Gasteiger partial charge in [-0.2, -0.15) is 0 Å². The van der Waals surface area contributed by atoms with Crippen molar-refractivity contribution in [1.29, 1.82) is 0 Å². The van der Waals surface area contributed by atoms with Gasteiger partial charge in [-0.15, -0.1) is 0 Å². The Balaban J connectivity index is 1.79. The molecule has 3 atom stereocenters. The third-order valence-electron chi connectivity index (χ3n) is 6.58. The molecule has 2 saturated heterocycles. The van der Waals surface area contributed by atoms with Gasteiger partial charge >= 0.3 is 0 Å². The number of carbonyl (C=O) groups excluding carboxylic acids is 2. The molecule has 1 unspecified atom stereocenters. The number of nitrogens with zero attached hydrogens (tertiary/aromatic N) is 3. The van der Waals surface area contributed by atoms with Crippen LogP contribution in [-0.2, 0) is 15.0 Å². The molecule has 0 bridgehead atoms. The average Bonchev–Trinajstić information content (AvgIpc) is 3.36. The van der Waals surface area contributed by atoms with E-state index in [1.807, 2.05) is 59.5 Å².